The number of fused-ring (bicyclic) bond motifs is 2. The number of aliphatic carboxylic acids is 1. The second kappa shape index (κ2) is 7.12. The number of carbonyl (C=O) groups is 2. The van der Waals surface area contributed by atoms with Crippen LogP contribution in [0.15, 0.2) is 22.8 Å². The fraction of sp³-hybridized carbons (Fsp3) is 0.700. The van der Waals surface area contributed by atoms with Gasteiger partial charge in [-0.05, 0) is 70.6 Å². The van der Waals surface area contributed by atoms with E-state index >= 15 is 0 Å². The number of amides is 1. The number of carbonyl (C=O) groups excluding carboxylic acids is 2. The van der Waals surface area contributed by atoms with Gasteiger partial charge in [0, 0.05) is 18.4 Å². The van der Waals surface area contributed by atoms with E-state index in [-0.39, 0.29) is 17.7 Å². The molecule has 2 bridgehead atoms. The summed E-state index contributed by atoms with van der Waals surface area (Å²) in [7, 11) is 0. The molecule has 1 N–H and O–H groups in total. The van der Waals surface area contributed by atoms with E-state index in [0.717, 1.165) is 32.1 Å². The smallest absolute Gasteiger partial charge is 0.224 e. The Morgan fingerprint density at radius 1 is 1.17 bits per heavy atom. The average molecular weight is 330 g/mol. The Hall–Kier alpha value is -1.58. The third-order valence-electron chi connectivity index (χ3n) is 6.12. The van der Waals surface area contributed by atoms with Crippen LogP contribution in [0.1, 0.15) is 58.8 Å². The van der Waals surface area contributed by atoms with Crippen LogP contribution in [-0.4, -0.2) is 18.4 Å². The summed E-state index contributed by atoms with van der Waals surface area (Å²) in [5, 5.41) is 14.7. The summed E-state index contributed by atoms with van der Waals surface area (Å²) >= 11 is 0. The molecule has 3 aliphatic rings. The SMILES string of the molecule is CC(C)=C1[C@H]2CC[C@@H]1[C@@H](C(=O)NCCC1=CCCCC1)[C@H]2C(=O)[O-]. The number of nitrogens with one attached hydrogen (secondary N) is 1. The van der Waals surface area contributed by atoms with Gasteiger partial charge >= 0.3 is 0 Å². The van der Waals surface area contributed by atoms with Gasteiger partial charge in [0.05, 0.1) is 5.92 Å². The lowest BCUT2D eigenvalue weighted by Crippen LogP contribution is -2.46. The maximum atomic E-state index is 12.7. The molecule has 3 rings (SSSR count). The first-order valence-electron chi connectivity index (χ1n) is 9.34. The van der Waals surface area contributed by atoms with Gasteiger partial charge in [-0.1, -0.05) is 22.8 Å². The molecule has 0 radical (unpaired) electrons. The minimum atomic E-state index is -1.06. The van der Waals surface area contributed by atoms with Gasteiger partial charge in [0.25, 0.3) is 0 Å². The minimum Gasteiger partial charge on any atom is -0.550 e. The molecular weight excluding hydrogens is 302 g/mol. The number of hydrogen-bond acceptors (Lipinski definition) is 3. The first-order valence-corrected chi connectivity index (χ1v) is 9.34. The summed E-state index contributed by atoms with van der Waals surface area (Å²) < 4.78 is 0. The van der Waals surface area contributed by atoms with E-state index in [4.69, 9.17) is 0 Å². The van der Waals surface area contributed by atoms with E-state index in [1.165, 1.54) is 29.6 Å². The molecule has 24 heavy (non-hydrogen) atoms. The van der Waals surface area contributed by atoms with Gasteiger partial charge in [-0.3, -0.25) is 4.79 Å². The van der Waals surface area contributed by atoms with Crippen molar-refractivity contribution < 1.29 is 14.7 Å². The van der Waals surface area contributed by atoms with Gasteiger partial charge in [0.2, 0.25) is 5.91 Å². The van der Waals surface area contributed by atoms with Crippen LogP contribution in [0.4, 0.5) is 0 Å². The minimum absolute atomic E-state index is 0.00167. The zero-order chi connectivity index (χ0) is 17.3. The van der Waals surface area contributed by atoms with Crippen molar-refractivity contribution in [3.8, 4) is 0 Å². The molecule has 2 fully saturated rings. The number of rotatable bonds is 5. The highest BCUT2D eigenvalue weighted by molar-refractivity contribution is 5.87. The van der Waals surface area contributed by atoms with Crippen molar-refractivity contribution in [2.75, 3.05) is 6.54 Å². The topological polar surface area (TPSA) is 69.2 Å². The van der Waals surface area contributed by atoms with Crippen LogP contribution < -0.4 is 10.4 Å². The summed E-state index contributed by atoms with van der Waals surface area (Å²) in [5.74, 6) is -2.15. The van der Waals surface area contributed by atoms with Crippen LogP contribution in [0.5, 0.6) is 0 Å². The van der Waals surface area contributed by atoms with Crippen LogP contribution in [0.3, 0.4) is 0 Å². The van der Waals surface area contributed by atoms with E-state index in [0.29, 0.717) is 6.54 Å². The average Bonchev–Trinajstić information content (AvgIpc) is 3.11. The van der Waals surface area contributed by atoms with Crippen molar-refractivity contribution >= 4 is 11.9 Å². The first-order chi connectivity index (χ1) is 11.5. The maximum absolute atomic E-state index is 12.7. The van der Waals surface area contributed by atoms with Gasteiger partial charge < -0.3 is 15.2 Å². The highest BCUT2D eigenvalue weighted by Gasteiger charge is 2.54. The van der Waals surface area contributed by atoms with Gasteiger partial charge in [-0.2, -0.15) is 0 Å². The quantitative estimate of drug-likeness (QED) is 0.787. The number of hydrogen-bond donors (Lipinski definition) is 1. The van der Waals surface area contributed by atoms with Gasteiger partial charge in [0.15, 0.2) is 0 Å². The number of carboxylic acids is 1. The Bertz CT molecular complexity index is 586. The molecule has 0 unspecified atom stereocenters. The zero-order valence-electron chi connectivity index (χ0n) is 14.8. The highest BCUT2D eigenvalue weighted by atomic mass is 16.4. The van der Waals surface area contributed by atoms with E-state index in [9.17, 15) is 14.7 Å². The second-order valence-corrected chi connectivity index (χ2v) is 7.77. The van der Waals surface area contributed by atoms with Gasteiger partial charge in [-0.15, -0.1) is 0 Å². The lowest BCUT2D eigenvalue weighted by Gasteiger charge is -2.30. The van der Waals surface area contributed by atoms with Crippen molar-refractivity contribution in [3.05, 3.63) is 22.8 Å². The Labute approximate surface area is 144 Å². The molecule has 0 aliphatic heterocycles. The van der Waals surface area contributed by atoms with Crippen LogP contribution in [0.25, 0.3) is 0 Å². The zero-order valence-corrected chi connectivity index (χ0v) is 14.8. The predicted octanol–water partition coefficient (Wildman–Crippen LogP) is 2.35. The molecule has 4 nitrogen and oxygen atoms in total. The standard InChI is InChI=1S/C20H29NO3/c1-12(2)16-14-8-9-15(16)18(20(23)24)17(14)19(22)21-11-10-13-6-4-3-5-7-13/h6,14-15,17-18H,3-5,7-11H2,1-2H3,(H,21,22)(H,23,24)/p-1/t14-,15+,17+,18-/m0/s1. The van der Waals surface area contributed by atoms with E-state index in [1.54, 1.807) is 0 Å². The first kappa shape index (κ1) is 17.2. The van der Waals surface area contributed by atoms with Crippen LogP contribution in [0, 0.1) is 23.7 Å². The van der Waals surface area contributed by atoms with E-state index in [2.05, 4.69) is 11.4 Å². The summed E-state index contributed by atoms with van der Waals surface area (Å²) in [6.45, 7) is 4.67. The predicted molar refractivity (Wildman–Crippen MR) is 90.8 cm³/mol. The lowest BCUT2D eigenvalue weighted by molar-refractivity contribution is -0.314. The lowest BCUT2D eigenvalue weighted by atomic mass is 9.78. The van der Waals surface area contributed by atoms with Crippen molar-refractivity contribution in [2.45, 2.75) is 58.8 Å². The molecule has 3 aliphatic carbocycles. The molecule has 4 heteroatoms. The summed E-state index contributed by atoms with van der Waals surface area (Å²) in [5.41, 5.74) is 3.81. The molecular formula is C20H28NO3-. The van der Waals surface area contributed by atoms with Crippen LogP contribution in [0.2, 0.25) is 0 Å². The van der Waals surface area contributed by atoms with Gasteiger partial charge in [-0.25, -0.2) is 0 Å². The van der Waals surface area contributed by atoms with Crippen LogP contribution >= 0.6 is 0 Å². The van der Waals surface area contributed by atoms with Crippen molar-refractivity contribution in [3.63, 3.8) is 0 Å². The molecule has 1 amide bonds. The summed E-state index contributed by atoms with van der Waals surface area (Å²) in [6, 6.07) is 0. The Kier molecular flexibility index (Phi) is 5.12. The second-order valence-electron chi connectivity index (χ2n) is 7.77. The van der Waals surface area contributed by atoms with Crippen molar-refractivity contribution in [2.24, 2.45) is 23.7 Å². The molecule has 0 heterocycles. The summed E-state index contributed by atoms with van der Waals surface area (Å²) in [4.78, 5) is 24.4. The van der Waals surface area contributed by atoms with Crippen LogP contribution in [-0.2, 0) is 9.59 Å². The fourth-order valence-electron chi connectivity index (χ4n) is 5.19. The fourth-order valence-corrected chi connectivity index (χ4v) is 5.19. The Balaban J connectivity index is 1.66. The number of carboxylic acid groups (broad SMARTS) is 1. The molecule has 2 saturated carbocycles. The molecule has 0 spiro atoms. The largest absolute Gasteiger partial charge is 0.550 e. The van der Waals surface area contributed by atoms with Gasteiger partial charge in [0.1, 0.15) is 0 Å². The third kappa shape index (κ3) is 3.15. The highest BCUT2D eigenvalue weighted by Crippen LogP contribution is 2.56. The van der Waals surface area contributed by atoms with Crippen molar-refractivity contribution in [1.82, 2.24) is 5.32 Å². The number of allylic oxidation sites excluding steroid dienone is 3. The van der Waals surface area contributed by atoms with E-state index < -0.39 is 17.8 Å². The molecule has 0 aromatic carbocycles. The normalized spacial score (nSPS) is 31.8. The van der Waals surface area contributed by atoms with E-state index in [1.807, 2.05) is 13.8 Å². The Morgan fingerprint density at radius 2 is 1.88 bits per heavy atom. The summed E-state index contributed by atoms with van der Waals surface area (Å²) in [6.07, 6.45) is 9.76. The Morgan fingerprint density at radius 3 is 2.46 bits per heavy atom. The van der Waals surface area contributed by atoms with Crippen molar-refractivity contribution in [1.29, 1.82) is 0 Å². The molecule has 0 aromatic heterocycles. The molecule has 4 atom stereocenters. The monoisotopic (exact) mass is 330 g/mol. The third-order valence-corrected chi connectivity index (χ3v) is 6.12. The molecule has 0 aromatic rings. The molecule has 132 valence electrons. The molecule has 0 saturated heterocycles. The maximum Gasteiger partial charge on any atom is 0.224 e.